The fraction of sp³-hybridized carbons (Fsp3) is 0.622. The Labute approximate surface area is 274 Å². The van der Waals surface area contributed by atoms with E-state index in [0.29, 0.717) is 39.3 Å². The number of hydrogen-bond acceptors (Lipinski definition) is 9. The van der Waals surface area contributed by atoms with E-state index in [1.54, 1.807) is 14.2 Å². The van der Waals surface area contributed by atoms with E-state index in [2.05, 4.69) is 53.1 Å². The summed E-state index contributed by atoms with van der Waals surface area (Å²) in [5, 5.41) is 0. The lowest BCUT2D eigenvalue weighted by Gasteiger charge is -2.45. The normalized spacial score (nSPS) is 29.0. The van der Waals surface area contributed by atoms with E-state index >= 15 is 0 Å². The maximum Gasteiger partial charge on any atom is 0.314 e. The van der Waals surface area contributed by atoms with Gasteiger partial charge in [0, 0.05) is 38.5 Å². The van der Waals surface area contributed by atoms with E-state index in [0.717, 1.165) is 49.6 Å². The minimum atomic E-state index is -0.937. The van der Waals surface area contributed by atoms with Gasteiger partial charge in [0.05, 0.1) is 45.8 Å². The van der Waals surface area contributed by atoms with Gasteiger partial charge < -0.3 is 23.7 Å². The van der Waals surface area contributed by atoms with Crippen molar-refractivity contribution >= 4 is 11.7 Å². The molecule has 0 aliphatic carbocycles. The lowest BCUT2D eigenvalue weighted by atomic mass is 9.74. The fourth-order valence-corrected chi connectivity index (χ4v) is 8.36. The fourth-order valence-electron chi connectivity index (χ4n) is 8.36. The maximum atomic E-state index is 14.2. The van der Waals surface area contributed by atoms with Gasteiger partial charge in [0.15, 0.2) is 22.9 Å². The van der Waals surface area contributed by atoms with Crippen molar-refractivity contribution in [2.24, 2.45) is 16.8 Å². The van der Waals surface area contributed by atoms with Gasteiger partial charge in [0.2, 0.25) is 0 Å². The van der Waals surface area contributed by atoms with Crippen LogP contribution in [0.15, 0.2) is 53.5 Å². The van der Waals surface area contributed by atoms with Crippen LogP contribution in [0.5, 0.6) is 11.5 Å². The van der Waals surface area contributed by atoms with Crippen LogP contribution in [0.1, 0.15) is 57.1 Å². The molecule has 3 fully saturated rings. The average molecular weight is 634 g/mol. The average Bonchev–Trinajstić information content (AvgIpc) is 3.68. The SMILES string of the molecule is CCCCCC[C@@H]1N(CCc2ccc(OC)c(OC)c2)C[C@H]2[C@H](C(=O)OCC)C3(N4CCOCC4)O[C@@]12N=C3Cc1ccccc1. The van der Waals surface area contributed by atoms with E-state index in [-0.39, 0.29) is 17.9 Å². The van der Waals surface area contributed by atoms with Gasteiger partial charge in [0.25, 0.3) is 0 Å². The van der Waals surface area contributed by atoms with Gasteiger partial charge in [-0.25, -0.2) is 0 Å². The van der Waals surface area contributed by atoms with Crippen molar-refractivity contribution < 1.29 is 28.5 Å². The number of carbonyl (C=O) groups is 1. The molecular formula is C37H51N3O6. The molecule has 46 heavy (non-hydrogen) atoms. The van der Waals surface area contributed by atoms with Gasteiger partial charge in [0.1, 0.15) is 5.92 Å². The predicted octanol–water partition coefficient (Wildman–Crippen LogP) is 5.15. The zero-order chi connectivity index (χ0) is 32.1. The Balaban J connectivity index is 1.38. The molecular weight excluding hydrogens is 582 g/mol. The molecule has 2 bridgehead atoms. The summed E-state index contributed by atoms with van der Waals surface area (Å²) in [6.45, 7) is 8.64. The van der Waals surface area contributed by atoms with Gasteiger partial charge in [-0.15, -0.1) is 0 Å². The molecule has 4 aliphatic rings. The van der Waals surface area contributed by atoms with E-state index in [1.807, 2.05) is 19.1 Å². The number of aliphatic imine (C=N–C) groups is 1. The standard InChI is InChI=1S/C37H51N3O6/c1-5-7-8-12-15-33-36-29(26-39(33)19-18-28-16-17-30(42-3)31(24-28)43-4)34(35(41)45-6-2)37(46-36,40-20-22-44-23-21-40)32(38-36)25-27-13-10-9-11-14-27/h9-11,13-14,16-17,24,29,33-34H,5-8,12,15,18-23,25-26H2,1-4H3/t29-,33-,34+,36+,37?/m0/s1. The number of unbranched alkanes of at least 4 members (excludes halogenated alkanes) is 3. The van der Waals surface area contributed by atoms with Crippen LogP contribution in [0.3, 0.4) is 0 Å². The Morgan fingerprint density at radius 2 is 1.76 bits per heavy atom. The number of esters is 1. The monoisotopic (exact) mass is 633 g/mol. The van der Waals surface area contributed by atoms with Crippen LogP contribution in [0.4, 0.5) is 0 Å². The number of fused-ring (bicyclic) bond motifs is 1. The minimum absolute atomic E-state index is 0.0580. The van der Waals surface area contributed by atoms with E-state index in [1.165, 1.54) is 30.4 Å². The quantitative estimate of drug-likeness (QED) is 0.197. The minimum Gasteiger partial charge on any atom is -0.493 e. The molecule has 6 rings (SSSR count). The Kier molecular flexibility index (Phi) is 10.3. The van der Waals surface area contributed by atoms with Gasteiger partial charge in [-0.3, -0.25) is 19.6 Å². The molecule has 1 unspecified atom stereocenters. The molecule has 9 nitrogen and oxygen atoms in total. The van der Waals surface area contributed by atoms with E-state index in [4.69, 9.17) is 28.7 Å². The molecule has 0 aromatic heterocycles. The number of benzene rings is 2. The first-order chi connectivity index (χ1) is 22.5. The lowest BCUT2D eigenvalue weighted by Crippen LogP contribution is -2.64. The maximum absolute atomic E-state index is 14.2. The van der Waals surface area contributed by atoms with Crippen LogP contribution >= 0.6 is 0 Å². The van der Waals surface area contributed by atoms with Crippen LogP contribution in [0.25, 0.3) is 0 Å². The highest BCUT2D eigenvalue weighted by atomic mass is 16.6. The second-order valence-corrected chi connectivity index (χ2v) is 13.0. The van der Waals surface area contributed by atoms with E-state index in [9.17, 15) is 4.79 Å². The highest BCUT2D eigenvalue weighted by Gasteiger charge is 2.78. The van der Waals surface area contributed by atoms with Crippen LogP contribution in [0.2, 0.25) is 0 Å². The van der Waals surface area contributed by atoms with Crippen molar-refractivity contribution in [1.82, 2.24) is 9.80 Å². The van der Waals surface area contributed by atoms with Gasteiger partial charge in [-0.2, -0.15) is 0 Å². The molecule has 4 aliphatic heterocycles. The van der Waals surface area contributed by atoms with E-state index < -0.39 is 17.4 Å². The zero-order valence-electron chi connectivity index (χ0n) is 28.0. The summed E-state index contributed by atoms with van der Waals surface area (Å²) in [5.41, 5.74) is 1.57. The molecule has 0 saturated carbocycles. The molecule has 9 heteroatoms. The second-order valence-electron chi connectivity index (χ2n) is 13.0. The Morgan fingerprint density at radius 3 is 2.48 bits per heavy atom. The van der Waals surface area contributed by atoms with Gasteiger partial charge >= 0.3 is 5.97 Å². The largest absolute Gasteiger partial charge is 0.493 e. The summed E-state index contributed by atoms with van der Waals surface area (Å²) in [6.07, 6.45) is 7.11. The molecule has 3 saturated heterocycles. The summed E-state index contributed by atoms with van der Waals surface area (Å²) < 4.78 is 30.2. The highest BCUT2D eigenvalue weighted by Crippen LogP contribution is 2.61. The number of ether oxygens (including phenoxy) is 5. The van der Waals surface area contributed by atoms with Gasteiger partial charge in [-0.1, -0.05) is 69.0 Å². The molecule has 1 spiro atoms. The van der Waals surface area contributed by atoms with Crippen LogP contribution in [-0.2, 0) is 31.8 Å². The topological polar surface area (TPSA) is 82.1 Å². The first-order valence-electron chi connectivity index (χ1n) is 17.3. The van der Waals surface area contributed by atoms with Crippen molar-refractivity contribution in [1.29, 1.82) is 0 Å². The smallest absolute Gasteiger partial charge is 0.314 e. The Hall–Kier alpha value is -2.98. The number of likely N-dealkylation sites (tertiary alicyclic amines) is 1. The molecule has 2 aromatic carbocycles. The zero-order valence-corrected chi connectivity index (χ0v) is 28.0. The second kappa shape index (κ2) is 14.4. The molecule has 2 aromatic rings. The summed E-state index contributed by atoms with van der Waals surface area (Å²) in [6, 6.07) is 16.7. The van der Waals surface area contributed by atoms with Gasteiger partial charge in [-0.05, 0) is 43.0 Å². The molecule has 0 N–H and O–H groups in total. The van der Waals surface area contributed by atoms with Crippen molar-refractivity contribution in [2.45, 2.75) is 76.3 Å². The summed E-state index contributed by atoms with van der Waals surface area (Å²) in [5.74, 6) is 0.722. The third-order valence-corrected chi connectivity index (χ3v) is 10.4. The number of methoxy groups -OCH3 is 2. The third kappa shape index (κ3) is 5.96. The van der Waals surface area contributed by atoms with Crippen LogP contribution < -0.4 is 9.47 Å². The Bertz CT molecular complexity index is 1360. The third-order valence-electron chi connectivity index (χ3n) is 10.4. The van der Waals surface area contributed by atoms with Crippen LogP contribution in [-0.4, -0.2) is 99.2 Å². The first kappa shape index (κ1) is 32.9. The number of morpholine rings is 1. The molecule has 4 heterocycles. The molecule has 0 amide bonds. The molecule has 0 radical (unpaired) electrons. The number of carbonyl (C=O) groups excluding carboxylic acids is 1. The molecule has 250 valence electrons. The van der Waals surface area contributed by atoms with Crippen molar-refractivity contribution in [2.75, 3.05) is 60.2 Å². The number of hydrogen-bond donors (Lipinski definition) is 0. The lowest BCUT2D eigenvalue weighted by molar-refractivity contribution is -0.182. The number of nitrogens with zero attached hydrogens (tertiary/aromatic N) is 3. The predicted molar refractivity (Wildman–Crippen MR) is 178 cm³/mol. The van der Waals surface area contributed by atoms with Crippen molar-refractivity contribution in [3.05, 3.63) is 59.7 Å². The summed E-state index contributed by atoms with van der Waals surface area (Å²) >= 11 is 0. The summed E-state index contributed by atoms with van der Waals surface area (Å²) in [7, 11) is 3.33. The summed E-state index contributed by atoms with van der Waals surface area (Å²) in [4.78, 5) is 24.7. The van der Waals surface area contributed by atoms with Crippen LogP contribution in [0, 0.1) is 11.8 Å². The number of rotatable bonds is 15. The van der Waals surface area contributed by atoms with Crippen molar-refractivity contribution in [3.63, 3.8) is 0 Å². The Morgan fingerprint density at radius 1 is 0.978 bits per heavy atom. The van der Waals surface area contributed by atoms with Crippen molar-refractivity contribution in [3.8, 4) is 11.5 Å². The molecule has 5 atom stereocenters. The highest BCUT2D eigenvalue weighted by molar-refractivity contribution is 6.01. The first-order valence-corrected chi connectivity index (χ1v) is 17.3.